The summed E-state index contributed by atoms with van der Waals surface area (Å²) in [6.07, 6.45) is 1.83. The molecule has 0 saturated carbocycles. The van der Waals surface area contributed by atoms with Crippen LogP contribution in [0.3, 0.4) is 0 Å². The van der Waals surface area contributed by atoms with Gasteiger partial charge in [0, 0.05) is 59.4 Å². The zero-order valence-electron chi connectivity index (χ0n) is 33.6. The minimum absolute atomic E-state index is 0.120. The highest BCUT2D eigenvalue weighted by Gasteiger charge is 2.24. The molecular weight excluding hydrogens is 773 g/mol. The van der Waals surface area contributed by atoms with Crippen molar-refractivity contribution in [2.75, 3.05) is 0 Å². The molecule has 2 aromatic heterocycles. The van der Waals surface area contributed by atoms with Crippen molar-refractivity contribution in [2.24, 2.45) is 9.98 Å². The van der Waals surface area contributed by atoms with E-state index in [0.717, 1.165) is 55.7 Å². The number of hydrogen-bond acceptors (Lipinski definition) is 2. The van der Waals surface area contributed by atoms with Gasteiger partial charge in [0.25, 0.3) is 0 Å². The number of para-hydroxylation sites is 1. The summed E-state index contributed by atoms with van der Waals surface area (Å²) >= 11 is 1.84. The second kappa shape index (κ2) is 15.9. The van der Waals surface area contributed by atoms with Gasteiger partial charge in [-0.3, -0.25) is 5.41 Å². The first kappa shape index (κ1) is 37.0. The van der Waals surface area contributed by atoms with Gasteiger partial charge in [0.1, 0.15) is 0 Å². The molecule has 11 aromatic rings. The fourth-order valence-corrected chi connectivity index (χ4v) is 9.77. The Labute approximate surface area is 363 Å². The van der Waals surface area contributed by atoms with Gasteiger partial charge in [-0.1, -0.05) is 182 Å². The molecule has 292 valence electrons. The van der Waals surface area contributed by atoms with Crippen LogP contribution >= 0.6 is 11.3 Å². The highest BCUT2D eigenvalue weighted by molar-refractivity contribution is 7.26. The zero-order valence-corrected chi connectivity index (χ0v) is 34.4. The smallest absolute Gasteiger partial charge is 0.161 e. The van der Waals surface area contributed by atoms with Crippen LogP contribution in [0.25, 0.3) is 81.0 Å². The van der Waals surface area contributed by atoms with Crippen LogP contribution in [-0.4, -0.2) is 22.5 Å². The maximum atomic E-state index is 9.72. The maximum absolute atomic E-state index is 9.72. The first-order chi connectivity index (χ1) is 30.7. The third kappa shape index (κ3) is 6.71. The third-order valence-corrected chi connectivity index (χ3v) is 12.7. The number of benzene rings is 9. The lowest BCUT2D eigenvalue weighted by atomic mass is 9.92. The maximum Gasteiger partial charge on any atom is 0.161 e. The second-order valence-corrected chi connectivity index (χ2v) is 16.4. The fraction of sp³-hybridized carbons (Fsp3) is 0. The summed E-state index contributed by atoms with van der Waals surface area (Å²) in [7, 11) is 0. The summed E-state index contributed by atoms with van der Waals surface area (Å²) in [5.74, 6) is 0.582. The van der Waals surface area contributed by atoms with Crippen LogP contribution in [0.1, 0.15) is 16.7 Å². The lowest BCUT2D eigenvalue weighted by molar-refractivity contribution is 1.18. The molecule has 0 amide bonds. The summed E-state index contributed by atoms with van der Waals surface area (Å²) in [5, 5.41) is 14.7. The molecule has 11 rings (SSSR count). The summed E-state index contributed by atoms with van der Waals surface area (Å²) < 4.78 is 5.00. The number of aliphatic imine (C=N–C) groups is 2. The molecule has 0 fully saturated rings. The molecule has 0 aliphatic heterocycles. The number of amidine groups is 2. The van der Waals surface area contributed by atoms with Crippen LogP contribution in [0.15, 0.2) is 228 Å². The molecule has 0 atom stereocenters. The molecule has 0 spiro atoms. The van der Waals surface area contributed by atoms with Crippen LogP contribution in [0.4, 0.5) is 0 Å². The van der Waals surface area contributed by atoms with E-state index in [2.05, 4.69) is 187 Å². The Hall–Kier alpha value is -7.99. The fourth-order valence-electron chi connectivity index (χ4n) is 8.66. The number of rotatable bonds is 7. The number of fused-ring (bicyclic) bond motifs is 7. The molecule has 1 N–H and O–H groups in total. The molecule has 5 heteroatoms. The lowest BCUT2D eigenvalue weighted by Gasteiger charge is -2.21. The van der Waals surface area contributed by atoms with Crippen LogP contribution in [-0.2, 0) is 0 Å². The predicted octanol–water partition coefficient (Wildman–Crippen LogP) is 15.0. The van der Waals surface area contributed by atoms with E-state index >= 15 is 0 Å². The Morgan fingerprint density at radius 3 is 1.66 bits per heavy atom. The average molecular weight is 811 g/mol. The summed E-state index contributed by atoms with van der Waals surface area (Å²) in [6, 6.07) is 76.0. The van der Waals surface area contributed by atoms with Crippen LogP contribution in [0.5, 0.6) is 0 Å². The number of nitrogens with zero attached hydrogens (tertiary/aromatic N) is 3. The molecule has 2 heterocycles. The van der Waals surface area contributed by atoms with Gasteiger partial charge in [-0.05, 0) is 64.2 Å². The molecule has 0 unspecified atom stereocenters. The number of thiophene rings is 1. The van der Waals surface area contributed by atoms with E-state index in [1.54, 1.807) is 0 Å². The van der Waals surface area contributed by atoms with Crippen molar-refractivity contribution in [2.45, 2.75) is 0 Å². The minimum atomic E-state index is 0.120. The summed E-state index contributed by atoms with van der Waals surface area (Å²) in [5.41, 5.74) is 12.2. The first-order valence-electron chi connectivity index (χ1n) is 20.7. The standard InChI is InChI=1S/C57H38N4S/c58-56(60-57(43-23-11-4-12-24-43)59-37-38-29-31-40(32-30-38)39-17-5-1-6-18-39)44-35-47(41-19-7-2-8-20-41)55(48(36-44)42-21-9-3-10-22-42)61-49-27-15-13-25-45(49)53-50(61)33-34-52-54(53)46-26-14-16-28-51(46)62-52/h1-37,58H. The molecule has 4 nitrogen and oxygen atoms in total. The van der Waals surface area contributed by atoms with Crippen molar-refractivity contribution >= 4 is 71.2 Å². The number of hydrogen-bond donors (Lipinski definition) is 1. The Balaban J connectivity index is 1.12. The van der Waals surface area contributed by atoms with Gasteiger partial charge in [0.15, 0.2) is 11.7 Å². The topological polar surface area (TPSA) is 53.5 Å². The SMILES string of the molecule is N=C(N=C(N=Cc1ccc(-c2ccccc2)cc1)c1ccccc1)c1cc(-c2ccccc2)c(-n2c3ccccc3c3c4c(ccc32)sc2ccccc24)c(-c2ccccc2)c1. The van der Waals surface area contributed by atoms with Crippen LogP contribution < -0.4 is 0 Å². The monoisotopic (exact) mass is 810 g/mol. The Kier molecular flexibility index (Phi) is 9.49. The highest BCUT2D eigenvalue weighted by atomic mass is 32.1. The quantitative estimate of drug-likeness (QED) is 0.123. The first-order valence-corrected chi connectivity index (χ1v) is 21.5. The third-order valence-electron chi connectivity index (χ3n) is 11.6. The predicted molar refractivity (Wildman–Crippen MR) is 264 cm³/mol. The molecule has 0 saturated heterocycles. The molecule has 0 bridgehead atoms. The van der Waals surface area contributed by atoms with E-state index in [0.29, 0.717) is 11.4 Å². The van der Waals surface area contributed by atoms with Crippen molar-refractivity contribution in [3.8, 4) is 39.1 Å². The lowest BCUT2D eigenvalue weighted by Crippen LogP contribution is -2.07. The highest BCUT2D eigenvalue weighted by Crippen LogP contribution is 2.46. The Morgan fingerprint density at radius 1 is 0.452 bits per heavy atom. The van der Waals surface area contributed by atoms with E-state index < -0.39 is 0 Å². The molecule has 9 aromatic carbocycles. The number of aromatic nitrogens is 1. The van der Waals surface area contributed by atoms with Crippen molar-refractivity contribution in [1.29, 1.82) is 5.41 Å². The van der Waals surface area contributed by atoms with Crippen molar-refractivity contribution in [3.63, 3.8) is 0 Å². The van der Waals surface area contributed by atoms with Gasteiger partial charge in [0.2, 0.25) is 0 Å². The molecular formula is C57H38N4S. The average Bonchev–Trinajstić information content (AvgIpc) is 3.89. The van der Waals surface area contributed by atoms with Gasteiger partial charge in [-0.2, -0.15) is 0 Å². The van der Waals surface area contributed by atoms with Crippen molar-refractivity contribution in [3.05, 3.63) is 235 Å². The van der Waals surface area contributed by atoms with E-state index in [-0.39, 0.29) is 5.84 Å². The van der Waals surface area contributed by atoms with E-state index in [1.165, 1.54) is 36.5 Å². The Bertz CT molecular complexity index is 3430. The number of nitrogens with one attached hydrogen (secondary N) is 1. The second-order valence-electron chi connectivity index (χ2n) is 15.3. The van der Waals surface area contributed by atoms with Gasteiger partial charge >= 0.3 is 0 Å². The summed E-state index contributed by atoms with van der Waals surface area (Å²) in [6.45, 7) is 0. The van der Waals surface area contributed by atoms with Gasteiger partial charge in [0.05, 0.1) is 16.7 Å². The van der Waals surface area contributed by atoms with E-state index in [9.17, 15) is 5.41 Å². The molecule has 0 aliphatic rings. The minimum Gasteiger partial charge on any atom is -0.308 e. The normalized spacial score (nSPS) is 12.0. The molecule has 0 aliphatic carbocycles. The van der Waals surface area contributed by atoms with Crippen molar-refractivity contribution < 1.29 is 0 Å². The van der Waals surface area contributed by atoms with E-state index in [1.807, 2.05) is 53.9 Å². The molecule has 62 heavy (non-hydrogen) atoms. The summed E-state index contributed by atoms with van der Waals surface area (Å²) in [4.78, 5) is 9.96. The van der Waals surface area contributed by atoms with Gasteiger partial charge < -0.3 is 4.57 Å². The van der Waals surface area contributed by atoms with Gasteiger partial charge in [-0.15, -0.1) is 11.3 Å². The largest absolute Gasteiger partial charge is 0.308 e. The Morgan fingerprint density at radius 2 is 1.00 bits per heavy atom. The zero-order chi connectivity index (χ0) is 41.4. The van der Waals surface area contributed by atoms with E-state index in [4.69, 9.17) is 9.98 Å². The van der Waals surface area contributed by atoms with Crippen LogP contribution in [0, 0.1) is 5.41 Å². The van der Waals surface area contributed by atoms with Crippen LogP contribution in [0.2, 0.25) is 0 Å². The molecule has 0 radical (unpaired) electrons. The van der Waals surface area contributed by atoms with Gasteiger partial charge in [-0.25, -0.2) is 9.98 Å². The van der Waals surface area contributed by atoms with Crippen molar-refractivity contribution in [1.82, 2.24) is 4.57 Å².